The molecule has 0 unspecified atom stereocenters. The number of phenols is 1. The minimum absolute atomic E-state index is 0.270. The van der Waals surface area contributed by atoms with Crippen LogP contribution in [-0.4, -0.2) is 34.6 Å². The van der Waals surface area contributed by atoms with E-state index < -0.39 is 0 Å². The van der Waals surface area contributed by atoms with E-state index in [1.165, 1.54) is 6.20 Å². The van der Waals surface area contributed by atoms with Crippen LogP contribution in [-0.2, 0) is 6.42 Å². The SMILES string of the molecule is CNC(=O)c1cc(Oc2ccc3nc(NCCc4ccccc4O)oc3c2)ccn1. The normalized spacial score (nSPS) is 10.7. The fourth-order valence-electron chi connectivity index (χ4n) is 2.93. The zero-order chi connectivity index (χ0) is 20.9. The van der Waals surface area contributed by atoms with Gasteiger partial charge >= 0.3 is 0 Å². The molecule has 2 aromatic carbocycles. The summed E-state index contributed by atoms with van der Waals surface area (Å²) in [7, 11) is 1.55. The van der Waals surface area contributed by atoms with Crippen molar-refractivity contribution in [2.45, 2.75) is 6.42 Å². The van der Waals surface area contributed by atoms with E-state index >= 15 is 0 Å². The van der Waals surface area contributed by atoms with E-state index in [0.29, 0.717) is 41.6 Å². The topological polar surface area (TPSA) is 110 Å². The standard InChI is InChI=1S/C22H20N4O4/c1-23-21(28)18-12-16(9-11-24-18)29-15-6-7-17-20(13-15)30-22(26-17)25-10-8-14-4-2-3-5-19(14)27/h2-7,9,11-13,27H,8,10H2,1H3,(H,23,28)(H,25,26). The molecule has 2 heterocycles. The van der Waals surface area contributed by atoms with E-state index in [1.54, 1.807) is 49.5 Å². The molecule has 4 aromatic rings. The van der Waals surface area contributed by atoms with E-state index in [4.69, 9.17) is 9.15 Å². The quantitative estimate of drug-likeness (QED) is 0.430. The number of carbonyl (C=O) groups excluding carboxylic acids is 1. The van der Waals surface area contributed by atoms with E-state index in [1.807, 2.05) is 12.1 Å². The van der Waals surface area contributed by atoms with Crippen LogP contribution in [0.5, 0.6) is 17.2 Å². The first-order valence-electron chi connectivity index (χ1n) is 9.40. The number of hydrogen-bond donors (Lipinski definition) is 3. The van der Waals surface area contributed by atoms with Crippen LogP contribution in [0.3, 0.4) is 0 Å². The van der Waals surface area contributed by atoms with Gasteiger partial charge < -0.3 is 24.9 Å². The third-order valence-corrected chi connectivity index (χ3v) is 4.45. The molecule has 2 aromatic heterocycles. The predicted molar refractivity (Wildman–Crippen MR) is 112 cm³/mol. The number of carbonyl (C=O) groups is 1. The number of rotatable bonds is 7. The number of aromatic nitrogens is 2. The minimum atomic E-state index is -0.286. The number of nitrogens with one attached hydrogen (secondary N) is 2. The Morgan fingerprint density at radius 3 is 2.80 bits per heavy atom. The van der Waals surface area contributed by atoms with Crippen molar-refractivity contribution >= 4 is 23.0 Å². The highest BCUT2D eigenvalue weighted by molar-refractivity contribution is 5.92. The third kappa shape index (κ3) is 4.33. The molecule has 0 saturated carbocycles. The number of oxazole rings is 1. The first kappa shape index (κ1) is 19.3. The molecule has 8 nitrogen and oxygen atoms in total. The van der Waals surface area contributed by atoms with Crippen molar-refractivity contribution in [3.8, 4) is 17.2 Å². The molecule has 0 atom stereocenters. The van der Waals surface area contributed by atoms with Gasteiger partial charge in [0, 0.05) is 31.9 Å². The largest absolute Gasteiger partial charge is 0.508 e. The lowest BCUT2D eigenvalue weighted by molar-refractivity contribution is 0.0958. The van der Waals surface area contributed by atoms with Crippen molar-refractivity contribution in [3.05, 3.63) is 72.1 Å². The van der Waals surface area contributed by atoms with Gasteiger partial charge in [0.1, 0.15) is 28.5 Å². The van der Waals surface area contributed by atoms with Crippen LogP contribution in [0.15, 0.2) is 65.2 Å². The van der Waals surface area contributed by atoms with E-state index in [0.717, 1.165) is 5.56 Å². The van der Waals surface area contributed by atoms with Gasteiger partial charge in [-0.1, -0.05) is 18.2 Å². The van der Waals surface area contributed by atoms with Gasteiger partial charge in [0.25, 0.3) is 11.9 Å². The Bertz CT molecular complexity index is 1190. The van der Waals surface area contributed by atoms with Crippen LogP contribution < -0.4 is 15.4 Å². The number of phenolic OH excluding ortho intramolecular Hbond substituents is 1. The Hall–Kier alpha value is -4.07. The van der Waals surface area contributed by atoms with Gasteiger partial charge in [-0.2, -0.15) is 4.98 Å². The van der Waals surface area contributed by atoms with Gasteiger partial charge in [-0.25, -0.2) is 0 Å². The van der Waals surface area contributed by atoms with Crippen LogP contribution in [0.4, 0.5) is 6.01 Å². The zero-order valence-corrected chi connectivity index (χ0v) is 16.3. The number of para-hydroxylation sites is 1. The summed E-state index contributed by atoms with van der Waals surface area (Å²) in [6, 6.07) is 16.1. The number of aromatic hydroxyl groups is 1. The molecule has 0 bridgehead atoms. The Kier molecular flexibility index (Phi) is 5.47. The second-order valence-corrected chi connectivity index (χ2v) is 6.51. The van der Waals surface area contributed by atoms with Gasteiger partial charge in [0.05, 0.1) is 0 Å². The molecule has 0 spiro atoms. The second kappa shape index (κ2) is 8.52. The van der Waals surface area contributed by atoms with Crippen molar-refractivity contribution in [1.82, 2.24) is 15.3 Å². The van der Waals surface area contributed by atoms with Crippen molar-refractivity contribution in [2.24, 2.45) is 0 Å². The molecule has 0 aliphatic rings. The van der Waals surface area contributed by atoms with Crippen LogP contribution in [0.1, 0.15) is 16.1 Å². The van der Waals surface area contributed by atoms with Crippen LogP contribution in [0.25, 0.3) is 11.1 Å². The molecule has 0 radical (unpaired) electrons. The smallest absolute Gasteiger partial charge is 0.295 e. The number of pyridine rings is 1. The molecule has 0 aliphatic carbocycles. The summed E-state index contributed by atoms with van der Waals surface area (Å²) in [5.74, 6) is 1.02. The van der Waals surface area contributed by atoms with E-state index in [9.17, 15) is 9.90 Å². The molecule has 0 saturated heterocycles. The number of anilines is 1. The molecule has 0 aliphatic heterocycles. The molecule has 3 N–H and O–H groups in total. The predicted octanol–water partition coefficient (Wildman–Crippen LogP) is 3.73. The zero-order valence-electron chi connectivity index (χ0n) is 16.3. The summed E-state index contributed by atoms with van der Waals surface area (Å²) in [5, 5.41) is 15.5. The summed E-state index contributed by atoms with van der Waals surface area (Å²) < 4.78 is 11.6. The molecule has 4 rings (SSSR count). The van der Waals surface area contributed by atoms with Crippen LogP contribution in [0, 0.1) is 0 Å². The Morgan fingerprint density at radius 1 is 1.13 bits per heavy atom. The maximum Gasteiger partial charge on any atom is 0.295 e. The maximum absolute atomic E-state index is 11.7. The van der Waals surface area contributed by atoms with Crippen LogP contribution in [0.2, 0.25) is 0 Å². The highest BCUT2D eigenvalue weighted by Gasteiger charge is 2.10. The molecular weight excluding hydrogens is 384 g/mol. The number of benzene rings is 2. The summed E-state index contributed by atoms with van der Waals surface area (Å²) >= 11 is 0. The molecule has 1 amide bonds. The summed E-state index contributed by atoms with van der Waals surface area (Å²) in [5.41, 5.74) is 2.38. The minimum Gasteiger partial charge on any atom is -0.508 e. The molecule has 0 fully saturated rings. The van der Waals surface area contributed by atoms with Gasteiger partial charge in [0.2, 0.25) is 0 Å². The number of ether oxygens (including phenoxy) is 1. The molecule has 8 heteroatoms. The van der Waals surface area contributed by atoms with Crippen molar-refractivity contribution < 1.29 is 19.1 Å². The molecule has 30 heavy (non-hydrogen) atoms. The molecular formula is C22H20N4O4. The summed E-state index contributed by atoms with van der Waals surface area (Å²) in [6.07, 6.45) is 2.15. The van der Waals surface area contributed by atoms with E-state index in [2.05, 4.69) is 20.6 Å². The lowest BCUT2D eigenvalue weighted by Crippen LogP contribution is -2.18. The van der Waals surface area contributed by atoms with Crippen molar-refractivity contribution in [2.75, 3.05) is 18.9 Å². The van der Waals surface area contributed by atoms with Crippen molar-refractivity contribution in [1.29, 1.82) is 0 Å². The number of hydrogen-bond acceptors (Lipinski definition) is 7. The lowest BCUT2D eigenvalue weighted by atomic mass is 10.1. The Balaban J connectivity index is 1.43. The maximum atomic E-state index is 11.7. The fourth-order valence-corrected chi connectivity index (χ4v) is 2.93. The number of fused-ring (bicyclic) bond motifs is 1. The van der Waals surface area contributed by atoms with E-state index in [-0.39, 0.29) is 17.4 Å². The van der Waals surface area contributed by atoms with Crippen molar-refractivity contribution in [3.63, 3.8) is 0 Å². The summed E-state index contributed by atoms with van der Waals surface area (Å²) in [4.78, 5) is 20.1. The average molecular weight is 404 g/mol. The van der Waals surface area contributed by atoms with Gasteiger partial charge in [-0.05, 0) is 36.2 Å². The van der Waals surface area contributed by atoms with Gasteiger partial charge in [-0.3, -0.25) is 9.78 Å². The fraction of sp³-hybridized carbons (Fsp3) is 0.136. The Labute approximate surface area is 172 Å². The molecule has 152 valence electrons. The second-order valence-electron chi connectivity index (χ2n) is 6.51. The number of nitrogens with zero attached hydrogens (tertiary/aromatic N) is 2. The third-order valence-electron chi connectivity index (χ3n) is 4.45. The average Bonchev–Trinajstić information content (AvgIpc) is 3.17. The summed E-state index contributed by atoms with van der Waals surface area (Å²) in [6.45, 7) is 0.563. The monoisotopic (exact) mass is 404 g/mol. The van der Waals surface area contributed by atoms with Gasteiger partial charge in [0.15, 0.2) is 5.58 Å². The lowest BCUT2D eigenvalue weighted by Gasteiger charge is -2.06. The highest BCUT2D eigenvalue weighted by atomic mass is 16.5. The Morgan fingerprint density at radius 2 is 1.97 bits per heavy atom. The number of amides is 1. The van der Waals surface area contributed by atoms with Gasteiger partial charge in [-0.15, -0.1) is 0 Å². The first-order chi connectivity index (χ1) is 14.6. The first-order valence-corrected chi connectivity index (χ1v) is 9.40. The van der Waals surface area contributed by atoms with Crippen LogP contribution >= 0.6 is 0 Å². The highest BCUT2D eigenvalue weighted by Crippen LogP contribution is 2.27.